The van der Waals surface area contributed by atoms with Crippen molar-refractivity contribution in [1.29, 1.82) is 0 Å². The number of tetrazole rings is 1. The largest absolute Gasteiger partial charge is 0.493 e. The summed E-state index contributed by atoms with van der Waals surface area (Å²) in [5.41, 5.74) is 2.14. The van der Waals surface area contributed by atoms with Crippen molar-refractivity contribution in [2.45, 2.75) is 12.6 Å². The Kier molecular flexibility index (Phi) is 7.14. The van der Waals surface area contributed by atoms with Gasteiger partial charge in [0, 0.05) is 38.3 Å². The zero-order valence-electron chi connectivity index (χ0n) is 18.7. The van der Waals surface area contributed by atoms with E-state index >= 15 is 0 Å². The van der Waals surface area contributed by atoms with Crippen molar-refractivity contribution in [3.63, 3.8) is 0 Å². The highest BCUT2D eigenvalue weighted by Crippen LogP contribution is 2.39. The lowest BCUT2D eigenvalue weighted by Crippen LogP contribution is -2.48. The molecule has 1 unspecified atom stereocenters. The molecule has 0 aliphatic carbocycles. The van der Waals surface area contributed by atoms with Crippen LogP contribution >= 0.6 is 0 Å². The molecule has 0 radical (unpaired) electrons. The van der Waals surface area contributed by atoms with Crippen LogP contribution in [0.25, 0.3) is 0 Å². The number of piperazine rings is 1. The van der Waals surface area contributed by atoms with Crippen LogP contribution in [0.2, 0.25) is 0 Å². The summed E-state index contributed by atoms with van der Waals surface area (Å²) in [6.45, 7) is 9.05. The van der Waals surface area contributed by atoms with E-state index in [0.717, 1.165) is 49.7 Å². The third-order valence-corrected chi connectivity index (χ3v) is 5.87. The molecule has 1 aliphatic heterocycles. The quantitative estimate of drug-likeness (QED) is 0.480. The van der Waals surface area contributed by atoms with Crippen molar-refractivity contribution >= 4 is 0 Å². The normalized spacial score (nSPS) is 15.9. The summed E-state index contributed by atoms with van der Waals surface area (Å²) < 4.78 is 13.3. The zero-order valence-corrected chi connectivity index (χ0v) is 18.7. The molecule has 1 aliphatic rings. The van der Waals surface area contributed by atoms with Gasteiger partial charge < -0.3 is 9.47 Å². The fourth-order valence-electron chi connectivity index (χ4n) is 4.29. The average Bonchev–Trinajstić information content (AvgIpc) is 3.28. The summed E-state index contributed by atoms with van der Waals surface area (Å²) in [5, 5.41) is 12.9. The fourth-order valence-corrected chi connectivity index (χ4v) is 4.29. The van der Waals surface area contributed by atoms with Crippen molar-refractivity contribution in [3.8, 4) is 11.5 Å². The topological polar surface area (TPSA) is 68.5 Å². The van der Waals surface area contributed by atoms with Crippen LogP contribution < -0.4 is 9.47 Å². The van der Waals surface area contributed by atoms with Crippen LogP contribution in [0, 0.1) is 0 Å². The summed E-state index contributed by atoms with van der Waals surface area (Å²) in [7, 11) is 3.33. The van der Waals surface area contributed by atoms with Crippen LogP contribution in [0.15, 0.2) is 61.2 Å². The van der Waals surface area contributed by atoms with E-state index in [1.54, 1.807) is 14.2 Å². The number of hydrogen-bond donors (Lipinski definition) is 0. The van der Waals surface area contributed by atoms with Gasteiger partial charge in [0.25, 0.3) is 0 Å². The van der Waals surface area contributed by atoms with Crippen LogP contribution in [0.5, 0.6) is 11.5 Å². The molecule has 1 aromatic heterocycles. The second-order valence-electron chi connectivity index (χ2n) is 7.79. The lowest BCUT2D eigenvalue weighted by atomic mass is 10.0. The Balaban J connectivity index is 1.73. The van der Waals surface area contributed by atoms with Crippen molar-refractivity contribution < 1.29 is 9.47 Å². The molecule has 1 atom stereocenters. The third-order valence-electron chi connectivity index (χ3n) is 5.87. The van der Waals surface area contributed by atoms with E-state index in [2.05, 4.69) is 50.1 Å². The highest BCUT2D eigenvalue weighted by Gasteiger charge is 2.33. The number of hydrogen-bond acceptors (Lipinski definition) is 7. The molecule has 4 rings (SSSR count). The summed E-state index contributed by atoms with van der Waals surface area (Å²) >= 11 is 0. The number of methoxy groups -OCH3 is 2. The van der Waals surface area contributed by atoms with E-state index < -0.39 is 0 Å². The van der Waals surface area contributed by atoms with Crippen molar-refractivity contribution in [2.75, 3.05) is 46.9 Å². The number of rotatable bonds is 9. The van der Waals surface area contributed by atoms with Gasteiger partial charge in [0.05, 0.1) is 20.8 Å². The first-order valence-corrected chi connectivity index (χ1v) is 10.8. The van der Waals surface area contributed by atoms with Crippen LogP contribution in [-0.2, 0) is 6.54 Å². The fraction of sp³-hybridized carbons (Fsp3) is 0.375. The maximum atomic E-state index is 5.80. The smallest absolute Gasteiger partial charge is 0.173 e. The predicted molar refractivity (Wildman–Crippen MR) is 123 cm³/mol. The van der Waals surface area contributed by atoms with Gasteiger partial charge in [0.2, 0.25) is 0 Å². The third kappa shape index (κ3) is 4.66. The van der Waals surface area contributed by atoms with E-state index in [-0.39, 0.29) is 6.04 Å². The molecule has 0 spiro atoms. The van der Waals surface area contributed by atoms with Gasteiger partial charge in [0.15, 0.2) is 17.3 Å². The SMILES string of the molecule is C=CCN1CCN(C(c2cccc(OC)c2OC)c2nnnn2Cc2ccccc2)CC1. The number of nitrogens with zero attached hydrogens (tertiary/aromatic N) is 6. The van der Waals surface area contributed by atoms with E-state index in [4.69, 9.17) is 9.47 Å². The first-order chi connectivity index (χ1) is 15.7. The second kappa shape index (κ2) is 10.4. The van der Waals surface area contributed by atoms with Crippen LogP contribution in [0.3, 0.4) is 0 Å². The number of ether oxygens (including phenoxy) is 2. The Morgan fingerprint density at radius 2 is 1.78 bits per heavy atom. The number of benzene rings is 2. The first kappa shape index (κ1) is 22.0. The van der Waals surface area contributed by atoms with Crippen LogP contribution in [0.1, 0.15) is 23.0 Å². The lowest BCUT2D eigenvalue weighted by Gasteiger charge is -2.39. The van der Waals surface area contributed by atoms with Gasteiger partial charge in [-0.25, -0.2) is 4.68 Å². The van der Waals surface area contributed by atoms with Gasteiger partial charge >= 0.3 is 0 Å². The lowest BCUT2D eigenvalue weighted by molar-refractivity contribution is 0.111. The Bertz CT molecular complexity index is 1010. The highest BCUT2D eigenvalue weighted by molar-refractivity contribution is 5.49. The molecule has 1 fully saturated rings. The molecule has 2 heterocycles. The van der Waals surface area contributed by atoms with Crippen LogP contribution in [0.4, 0.5) is 0 Å². The van der Waals surface area contributed by atoms with E-state index in [0.29, 0.717) is 18.0 Å². The molecule has 1 saturated heterocycles. The molecule has 2 aromatic carbocycles. The van der Waals surface area contributed by atoms with E-state index in [1.165, 1.54) is 0 Å². The van der Waals surface area contributed by atoms with Crippen molar-refractivity contribution in [2.24, 2.45) is 0 Å². The molecule has 3 aromatic rings. The van der Waals surface area contributed by atoms with E-state index in [9.17, 15) is 0 Å². The summed E-state index contributed by atoms with van der Waals surface area (Å²) in [6.07, 6.45) is 1.96. The molecular formula is C24H30N6O2. The summed E-state index contributed by atoms with van der Waals surface area (Å²) in [4.78, 5) is 4.82. The standard InChI is InChI=1S/C24H30N6O2/c1-4-13-28-14-16-29(17-15-28)22(20-11-8-12-21(31-2)23(20)32-3)24-25-26-27-30(24)18-19-9-6-5-7-10-19/h4-12,22H,1,13-18H2,2-3H3. The minimum Gasteiger partial charge on any atom is -0.493 e. The Hall–Kier alpha value is -3.23. The van der Waals surface area contributed by atoms with Gasteiger partial charge in [-0.1, -0.05) is 48.5 Å². The second-order valence-corrected chi connectivity index (χ2v) is 7.79. The highest BCUT2D eigenvalue weighted by atomic mass is 16.5. The molecular weight excluding hydrogens is 404 g/mol. The van der Waals surface area contributed by atoms with E-state index in [1.807, 2.05) is 41.1 Å². The van der Waals surface area contributed by atoms with Crippen LogP contribution in [-0.4, -0.2) is 77.0 Å². The Morgan fingerprint density at radius 1 is 1.00 bits per heavy atom. The maximum absolute atomic E-state index is 5.80. The Morgan fingerprint density at radius 3 is 2.47 bits per heavy atom. The monoisotopic (exact) mass is 434 g/mol. The summed E-state index contributed by atoms with van der Waals surface area (Å²) in [6, 6.07) is 16.0. The molecule has 32 heavy (non-hydrogen) atoms. The number of para-hydroxylation sites is 1. The summed E-state index contributed by atoms with van der Waals surface area (Å²) in [5.74, 6) is 2.20. The number of aromatic nitrogens is 4. The van der Waals surface area contributed by atoms with Crippen molar-refractivity contribution in [3.05, 3.63) is 78.1 Å². The molecule has 0 saturated carbocycles. The first-order valence-electron chi connectivity index (χ1n) is 10.8. The maximum Gasteiger partial charge on any atom is 0.173 e. The van der Waals surface area contributed by atoms with Crippen molar-refractivity contribution in [1.82, 2.24) is 30.0 Å². The van der Waals surface area contributed by atoms with Gasteiger partial charge in [-0.15, -0.1) is 11.7 Å². The molecule has 8 nitrogen and oxygen atoms in total. The Labute approximate surface area is 189 Å². The average molecular weight is 435 g/mol. The molecule has 168 valence electrons. The predicted octanol–water partition coefficient (Wildman–Crippen LogP) is 2.63. The van der Waals surface area contributed by atoms with Gasteiger partial charge in [-0.3, -0.25) is 9.80 Å². The van der Waals surface area contributed by atoms with Gasteiger partial charge in [-0.05, 0) is 22.1 Å². The molecule has 0 N–H and O–H groups in total. The zero-order chi connectivity index (χ0) is 22.3. The molecule has 8 heteroatoms. The van der Waals surface area contributed by atoms with Gasteiger partial charge in [0.1, 0.15) is 6.04 Å². The minimum atomic E-state index is -0.162. The van der Waals surface area contributed by atoms with Gasteiger partial charge in [-0.2, -0.15) is 0 Å². The minimum absolute atomic E-state index is 0.162. The molecule has 0 bridgehead atoms. The molecule has 0 amide bonds.